The van der Waals surface area contributed by atoms with Gasteiger partial charge in [0, 0.05) is 12.3 Å². The molecule has 14 heavy (non-hydrogen) atoms. The van der Waals surface area contributed by atoms with Crippen LogP contribution in [0.25, 0.3) is 0 Å². The Kier molecular flexibility index (Phi) is 2.62. The van der Waals surface area contributed by atoms with Crippen molar-refractivity contribution in [2.24, 2.45) is 11.8 Å². The SMILES string of the molecule is O=C1CCOCC1C1CCS(=O)(=O)C1. The fraction of sp³-hybridized carbons (Fsp3) is 0.889. The summed E-state index contributed by atoms with van der Waals surface area (Å²) in [5.74, 6) is 0.431. The second-order valence-electron chi connectivity index (χ2n) is 4.06. The minimum atomic E-state index is -2.88. The minimum Gasteiger partial charge on any atom is -0.380 e. The fourth-order valence-electron chi connectivity index (χ4n) is 2.20. The zero-order valence-electron chi connectivity index (χ0n) is 7.94. The first-order valence-electron chi connectivity index (χ1n) is 4.89. The van der Waals surface area contributed by atoms with Crippen LogP contribution in [0.5, 0.6) is 0 Å². The highest BCUT2D eigenvalue weighted by atomic mass is 32.2. The number of ketones is 1. The summed E-state index contributed by atoms with van der Waals surface area (Å²) < 4.78 is 27.7. The Bertz CT molecular complexity index is 333. The van der Waals surface area contributed by atoms with Gasteiger partial charge >= 0.3 is 0 Å². The van der Waals surface area contributed by atoms with E-state index in [0.29, 0.717) is 26.1 Å². The van der Waals surface area contributed by atoms with Gasteiger partial charge in [0.1, 0.15) is 5.78 Å². The molecule has 5 heteroatoms. The van der Waals surface area contributed by atoms with Crippen molar-refractivity contribution >= 4 is 15.6 Å². The lowest BCUT2D eigenvalue weighted by Gasteiger charge is -2.25. The van der Waals surface area contributed by atoms with Crippen LogP contribution in [0, 0.1) is 11.8 Å². The largest absolute Gasteiger partial charge is 0.380 e. The van der Waals surface area contributed by atoms with Gasteiger partial charge in [0.25, 0.3) is 0 Å². The van der Waals surface area contributed by atoms with Crippen LogP contribution >= 0.6 is 0 Å². The van der Waals surface area contributed by atoms with Crippen molar-refractivity contribution in [3.8, 4) is 0 Å². The molecule has 2 atom stereocenters. The number of hydrogen-bond acceptors (Lipinski definition) is 4. The Labute approximate surface area is 83.5 Å². The lowest BCUT2D eigenvalue weighted by atomic mass is 9.86. The van der Waals surface area contributed by atoms with Crippen molar-refractivity contribution in [1.29, 1.82) is 0 Å². The zero-order chi connectivity index (χ0) is 10.2. The maximum absolute atomic E-state index is 11.5. The summed E-state index contributed by atoms with van der Waals surface area (Å²) in [4.78, 5) is 11.5. The van der Waals surface area contributed by atoms with Gasteiger partial charge in [-0.25, -0.2) is 8.42 Å². The van der Waals surface area contributed by atoms with Gasteiger partial charge in [-0.3, -0.25) is 4.79 Å². The molecule has 0 amide bonds. The maximum atomic E-state index is 11.5. The quantitative estimate of drug-likeness (QED) is 0.623. The molecule has 0 aliphatic carbocycles. The Morgan fingerprint density at radius 1 is 1.36 bits per heavy atom. The molecule has 0 bridgehead atoms. The van der Waals surface area contributed by atoms with Gasteiger partial charge in [-0.05, 0) is 12.3 Å². The Balaban J connectivity index is 2.05. The molecule has 2 heterocycles. The van der Waals surface area contributed by atoms with Gasteiger partial charge < -0.3 is 4.74 Å². The lowest BCUT2D eigenvalue weighted by Crippen LogP contribution is -2.34. The van der Waals surface area contributed by atoms with E-state index in [2.05, 4.69) is 0 Å². The van der Waals surface area contributed by atoms with Crippen LogP contribution in [-0.4, -0.2) is 38.9 Å². The molecule has 2 rings (SSSR count). The third kappa shape index (κ3) is 1.98. The van der Waals surface area contributed by atoms with Crippen LogP contribution in [-0.2, 0) is 19.4 Å². The van der Waals surface area contributed by atoms with Crippen molar-refractivity contribution in [2.75, 3.05) is 24.7 Å². The average molecular weight is 218 g/mol. The molecule has 4 nitrogen and oxygen atoms in total. The summed E-state index contributed by atoms with van der Waals surface area (Å²) in [6, 6.07) is 0. The van der Waals surface area contributed by atoms with E-state index in [4.69, 9.17) is 4.74 Å². The Hall–Kier alpha value is -0.420. The molecule has 0 radical (unpaired) electrons. The van der Waals surface area contributed by atoms with Gasteiger partial charge in [-0.2, -0.15) is 0 Å². The highest BCUT2D eigenvalue weighted by molar-refractivity contribution is 7.91. The molecule has 2 aliphatic rings. The van der Waals surface area contributed by atoms with E-state index in [9.17, 15) is 13.2 Å². The molecule has 2 aliphatic heterocycles. The smallest absolute Gasteiger partial charge is 0.150 e. The number of hydrogen-bond donors (Lipinski definition) is 0. The number of sulfone groups is 1. The number of rotatable bonds is 1. The van der Waals surface area contributed by atoms with Gasteiger partial charge in [-0.1, -0.05) is 0 Å². The van der Waals surface area contributed by atoms with Gasteiger partial charge in [0.05, 0.1) is 24.7 Å². The molecule has 2 fully saturated rings. The van der Waals surface area contributed by atoms with Crippen LogP contribution < -0.4 is 0 Å². The molecule has 0 aromatic heterocycles. The Morgan fingerprint density at radius 3 is 2.71 bits per heavy atom. The molecule has 0 aromatic rings. The molecule has 0 saturated carbocycles. The number of Topliss-reactive ketones (excluding diaryl/α,β-unsaturated/α-hetero) is 1. The van der Waals surface area contributed by atoms with Crippen LogP contribution in [0.15, 0.2) is 0 Å². The van der Waals surface area contributed by atoms with Gasteiger partial charge in [-0.15, -0.1) is 0 Å². The van der Waals surface area contributed by atoms with Crippen LogP contribution in [0.2, 0.25) is 0 Å². The van der Waals surface area contributed by atoms with Crippen LogP contribution in [0.1, 0.15) is 12.8 Å². The fourth-order valence-corrected chi connectivity index (χ4v) is 4.08. The van der Waals surface area contributed by atoms with Gasteiger partial charge in [0.2, 0.25) is 0 Å². The normalized spacial score (nSPS) is 37.3. The predicted octanol–water partition coefficient (Wildman–Crippen LogP) is 0.0267. The van der Waals surface area contributed by atoms with Crippen LogP contribution in [0.3, 0.4) is 0 Å². The highest BCUT2D eigenvalue weighted by Gasteiger charge is 2.38. The average Bonchev–Trinajstić information content (AvgIpc) is 2.47. The van der Waals surface area contributed by atoms with E-state index < -0.39 is 9.84 Å². The molecule has 0 N–H and O–H groups in total. The summed E-state index contributed by atoms with van der Waals surface area (Å²) in [6.45, 7) is 0.911. The second-order valence-corrected chi connectivity index (χ2v) is 6.29. The first-order chi connectivity index (χ1) is 6.58. The van der Waals surface area contributed by atoms with Gasteiger partial charge in [0.15, 0.2) is 9.84 Å². The summed E-state index contributed by atoms with van der Waals surface area (Å²) in [7, 11) is -2.88. The Morgan fingerprint density at radius 2 is 2.14 bits per heavy atom. The first kappa shape index (κ1) is 10.1. The predicted molar refractivity (Wildman–Crippen MR) is 50.7 cm³/mol. The zero-order valence-corrected chi connectivity index (χ0v) is 8.76. The van der Waals surface area contributed by atoms with Crippen molar-refractivity contribution in [3.63, 3.8) is 0 Å². The number of carbonyl (C=O) groups excluding carboxylic acids is 1. The molecule has 2 unspecified atom stereocenters. The molecule has 80 valence electrons. The van der Waals surface area contributed by atoms with Crippen molar-refractivity contribution < 1.29 is 17.9 Å². The number of carbonyl (C=O) groups is 1. The van der Waals surface area contributed by atoms with E-state index in [1.165, 1.54) is 0 Å². The van der Waals surface area contributed by atoms with E-state index in [1.807, 2.05) is 0 Å². The van der Waals surface area contributed by atoms with E-state index >= 15 is 0 Å². The molecule has 0 spiro atoms. The maximum Gasteiger partial charge on any atom is 0.150 e. The van der Waals surface area contributed by atoms with Crippen molar-refractivity contribution in [1.82, 2.24) is 0 Å². The van der Waals surface area contributed by atoms with Crippen LogP contribution in [0.4, 0.5) is 0 Å². The molecule has 0 aromatic carbocycles. The van der Waals surface area contributed by atoms with Crippen molar-refractivity contribution in [2.45, 2.75) is 12.8 Å². The number of ether oxygens (including phenoxy) is 1. The topological polar surface area (TPSA) is 60.4 Å². The third-order valence-corrected chi connectivity index (χ3v) is 4.83. The minimum absolute atomic E-state index is 0.00722. The lowest BCUT2D eigenvalue weighted by molar-refractivity contribution is -0.132. The highest BCUT2D eigenvalue weighted by Crippen LogP contribution is 2.29. The molecular formula is C9H14O4S. The molecular weight excluding hydrogens is 204 g/mol. The first-order valence-corrected chi connectivity index (χ1v) is 6.71. The summed E-state index contributed by atoms with van der Waals surface area (Å²) in [5.41, 5.74) is 0. The van der Waals surface area contributed by atoms with E-state index in [-0.39, 0.29) is 29.1 Å². The molecule has 2 saturated heterocycles. The summed E-state index contributed by atoms with van der Waals surface area (Å²) in [6.07, 6.45) is 1.07. The van der Waals surface area contributed by atoms with E-state index in [0.717, 1.165) is 0 Å². The summed E-state index contributed by atoms with van der Waals surface area (Å²) >= 11 is 0. The summed E-state index contributed by atoms with van der Waals surface area (Å²) in [5, 5.41) is 0. The standard InChI is InChI=1S/C9H14O4S/c10-9-1-3-13-5-8(9)7-2-4-14(11,12)6-7/h7-8H,1-6H2. The second kappa shape index (κ2) is 3.62. The third-order valence-electron chi connectivity index (χ3n) is 3.04. The monoisotopic (exact) mass is 218 g/mol. The van der Waals surface area contributed by atoms with Crippen molar-refractivity contribution in [3.05, 3.63) is 0 Å². The van der Waals surface area contributed by atoms with E-state index in [1.54, 1.807) is 0 Å².